The van der Waals surface area contributed by atoms with E-state index < -0.39 is 0 Å². The summed E-state index contributed by atoms with van der Waals surface area (Å²) in [7, 11) is 1.97. The summed E-state index contributed by atoms with van der Waals surface area (Å²) >= 11 is 0. The fourth-order valence-corrected chi connectivity index (χ4v) is 4.00. The van der Waals surface area contributed by atoms with E-state index in [0.29, 0.717) is 17.9 Å². The average Bonchev–Trinajstić information content (AvgIpc) is 2.73. The lowest BCUT2D eigenvalue weighted by Crippen LogP contribution is -2.31. The third-order valence-electron chi connectivity index (χ3n) is 5.50. The number of aromatic nitrogens is 2. The van der Waals surface area contributed by atoms with Gasteiger partial charge in [0.1, 0.15) is 0 Å². The molecule has 0 spiro atoms. The molecule has 1 N–H and O–H groups in total. The molecule has 116 valence electrons. The Morgan fingerprint density at radius 2 is 1.76 bits per heavy atom. The molecular formula is C17H27N3O. The Hall–Kier alpha value is -1.32. The Morgan fingerprint density at radius 1 is 1.14 bits per heavy atom. The molecule has 0 amide bonds. The first-order chi connectivity index (χ1) is 10.1. The standard InChI is InChI=1S/C17H27N3O/c1-12-7-9-13(10-8-12)16(21)11-20-15-6-4-3-5-14(15)19(2)17(20)18/h12-13,18H,3-11H2,1-2H3. The third kappa shape index (κ3) is 2.72. The van der Waals surface area contributed by atoms with Gasteiger partial charge in [0.15, 0.2) is 5.78 Å². The molecule has 0 unspecified atom stereocenters. The lowest BCUT2D eigenvalue weighted by molar-refractivity contribution is -0.124. The molecule has 0 aliphatic heterocycles. The van der Waals surface area contributed by atoms with E-state index >= 15 is 0 Å². The van der Waals surface area contributed by atoms with Crippen molar-refractivity contribution in [3.8, 4) is 0 Å². The first-order valence-electron chi connectivity index (χ1n) is 8.42. The van der Waals surface area contributed by atoms with Gasteiger partial charge in [0.2, 0.25) is 5.62 Å². The molecule has 0 saturated heterocycles. The summed E-state index contributed by atoms with van der Waals surface area (Å²) in [6.07, 6.45) is 8.93. The number of hydrogen-bond donors (Lipinski definition) is 1. The molecule has 1 saturated carbocycles. The number of Topliss-reactive ketones (excluding diaryl/α,β-unsaturated/α-hetero) is 1. The van der Waals surface area contributed by atoms with Gasteiger partial charge in [-0.1, -0.05) is 19.8 Å². The van der Waals surface area contributed by atoms with Crippen molar-refractivity contribution in [1.82, 2.24) is 9.13 Å². The normalized spacial score (nSPS) is 25.6. The van der Waals surface area contributed by atoms with Gasteiger partial charge in [0.25, 0.3) is 0 Å². The number of fused-ring (bicyclic) bond motifs is 1. The zero-order chi connectivity index (χ0) is 15.0. The summed E-state index contributed by atoms with van der Waals surface area (Å²) in [5.41, 5.74) is 3.02. The third-order valence-corrected chi connectivity index (χ3v) is 5.50. The zero-order valence-electron chi connectivity index (χ0n) is 13.3. The Bertz CT molecular complexity index is 588. The van der Waals surface area contributed by atoms with Gasteiger partial charge in [0, 0.05) is 24.4 Å². The maximum atomic E-state index is 12.6. The molecule has 0 atom stereocenters. The molecule has 21 heavy (non-hydrogen) atoms. The van der Waals surface area contributed by atoms with Gasteiger partial charge < -0.3 is 9.13 Å². The van der Waals surface area contributed by atoms with Crippen LogP contribution in [0.3, 0.4) is 0 Å². The Kier molecular flexibility index (Phi) is 4.05. The Labute approximate surface area is 126 Å². The van der Waals surface area contributed by atoms with Crippen LogP contribution in [0.25, 0.3) is 0 Å². The number of nitrogens with zero attached hydrogens (tertiary/aromatic N) is 2. The summed E-state index contributed by atoms with van der Waals surface area (Å²) < 4.78 is 3.96. The van der Waals surface area contributed by atoms with E-state index in [1.807, 2.05) is 16.2 Å². The van der Waals surface area contributed by atoms with Gasteiger partial charge >= 0.3 is 0 Å². The van der Waals surface area contributed by atoms with E-state index in [0.717, 1.165) is 31.6 Å². The van der Waals surface area contributed by atoms with Crippen LogP contribution in [-0.4, -0.2) is 14.9 Å². The zero-order valence-corrected chi connectivity index (χ0v) is 13.3. The van der Waals surface area contributed by atoms with Crippen LogP contribution in [0.5, 0.6) is 0 Å². The largest absolute Gasteiger partial charge is 0.318 e. The topological polar surface area (TPSA) is 50.8 Å². The first-order valence-corrected chi connectivity index (χ1v) is 8.42. The minimum Gasteiger partial charge on any atom is -0.318 e. The first kappa shape index (κ1) is 14.6. The number of hydrogen-bond acceptors (Lipinski definition) is 2. The van der Waals surface area contributed by atoms with Crippen LogP contribution in [0.1, 0.15) is 56.8 Å². The van der Waals surface area contributed by atoms with Crippen LogP contribution in [0.4, 0.5) is 0 Å². The Morgan fingerprint density at radius 3 is 2.43 bits per heavy atom. The second-order valence-corrected chi connectivity index (χ2v) is 6.99. The van der Waals surface area contributed by atoms with Gasteiger partial charge in [-0.3, -0.25) is 10.2 Å². The van der Waals surface area contributed by atoms with Crippen LogP contribution in [0.15, 0.2) is 0 Å². The Balaban J connectivity index is 1.79. The van der Waals surface area contributed by atoms with E-state index in [9.17, 15) is 4.79 Å². The number of nitrogens with one attached hydrogen (secondary N) is 1. The van der Waals surface area contributed by atoms with Crippen LogP contribution in [-0.2, 0) is 31.2 Å². The molecule has 3 rings (SSSR count). The summed E-state index contributed by atoms with van der Waals surface area (Å²) in [5.74, 6) is 1.35. The van der Waals surface area contributed by atoms with Crippen molar-refractivity contribution in [2.75, 3.05) is 0 Å². The quantitative estimate of drug-likeness (QED) is 0.913. The number of ketones is 1. The van der Waals surface area contributed by atoms with Gasteiger partial charge in [0.05, 0.1) is 6.54 Å². The molecule has 0 radical (unpaired) electrons. The van der Waals surface area contributed by atoms with Crippen LogP contribution in [0.2, 0.25) is 0 Å². The number of carbonyl (C=O) groups is 1. The van der Waals surface area contributed by atoms with Crippen molar-refractivity contribution >= 4 is 5.78 Å². The summed E-state index contributed by atoms with van der Waals surface area (Å²) in [6, 6.07) is 0. The van der Waals surface area contributed by atoms with Gasteiger partial charge in [-0.15, -0.1) is 0 Å². The molecule has 0 aromatic carbocycles. The van der Waals surface area contributed by atoms with Crippen molar-refractivity contribution in [3.63, 3.8) is 0 Å². The highest BCUT2D eigenvalue weighted by atomic mass is 16.1. The summed E-state index contributed by atoms with van der Waals surface area (Å²) in [5, 5.41) is 8.30. The number of carbonyl (C=O) groups excluding carboxylic acids is 1. The molecular weight excluding hydrogens is 262 g/mol. The minimum atomic E-state index is 0.229. The molecule has 1 aromatic heterocycles. The maximum absolute atomic E-state index is 12.6. The lowest BCUT2D eigenvalue weighted by Gasteiger charge is -2.25. The smallest absolute Gasteiger partial charge is 0.202 e. The molecule has 0 bridgehead atoms. The van der Waals surface area contributed by atoms with E-state index in [1.165, 1.54) is 37.1 Å². The van der Waals surface area contributed by atoms with Crippen molar-refractivity contribution in [1.29, 1.82) is 5.41 Å². The van der Waals surface area contributed by atoms with E-state index in [2.05, 4.69) is 6.92 Å². The summed E-state index contributed by atoms with van der Waals surface area (Å²) in [4.78, 5) is 12.6. The van der Waals surface area contributed by atoms with Crippen molar-refractivity contribution in [2.45, 2.75) is 64.8 Å². The second kappa shape index (κ2) is 5.82. The maximum Gasteiger partial charge on any atom is 0.202 e. The van der Waals surface area contributed by atoms with Gasteiger partial charge in [-0.05, 0) is 44.4 Å². The van der Waals surface area contributed by atoms with Crippen LogP contribution >= 0.6 is 0 Å². The molecule has 4 nitrogen and oxygen atoms in total. The molecule has 1 fully saturated rings. The van der Waals surface area contributed by atoms with Crippen molar-refractivity contribution in [2.24, 2.45) is 18.9 Å². The molecule has 1 aromatic rings. The highest BCUT2D eigenvalue weighted by Gasteiger charge is 2.26. The fourth-order valence-electron chi connectivity index (χ4n) is 4.00. The lowest BCUT2D eigenvalue weighted by atomic mass is 9.81. The van der Waals surface area contributed by atoms with Crippen molar-refractivity contribution in [3.05, 3.63) is 17.0 Å². The number of rotatable bonds is 3. The molecule has 1 heterocycles. The van der Waals surface area contributed by atoms with Crippen LogP contribution < -0.4 is 5.62 Å². The predicted molar refractivity (Wildman–Crippen MR) is 82.0 cm³/mol. The fraction of sp³-hybridized carbons (Fsp3) is 0.765. The van der Waals surface area contributed by atoms with E-state index in [1.54, 1.807) is 0 Å². The SMILES string of the molecule is CC1CCC(C(=O)Cn2c3c(n(C)c2=N)CCCC3)CC1. The highest BCUT2D eigenvalue weighted by Crippen LogP contribution is 2.29. The van der Waals surface area contributed by atoms with E-state index in [-0.39, 0.29) is 5.92 Å². The second-order valence-electron chi connectivity index (χ2n) is 6.99. The molecule has 2 aliphatic carbocycles. The number of imidazole rings is 1. The molecule has 4 heteroatoms. The highest BCUT2D eigenvalue weighted by molar-refractivity contribution is 5.81. The minimum absolute atomic E-state index is 0.229. The van der Waals surface area contributed by atoms with Gasteiger partial charge in [-0.25, -0.2) is 0 Å². The molecule has 2 aliphatic rings. The van der Waals surface area contributed by atoms with Crippen molar-refractivity contribution < 1.29 is 4.79 Å². The predicted octanol–water partition coefficient (Wildman–Crippen LogP) is 2.58. The van der Waals surface area contributed by atoms with E-state index in [4.69, 9.17) is 5.41 Å². The van der Waals surface area contributed by atoms with Gasteiger partial charge in [-0.2, -0.15) is 0 Å². The summed E-state index contributed by atoms with van der Waals surface area (Å²) in [6.45, 7) is 2.70. The average molecular weight is 289 g/mol. The monoisotopic (exact) mass is 289 g/mol. The van der Waals surface area contributed by atoms with Crippen LogP contribution in [0, 0.1) is 17.2 Å².